The first kappa shape index (κ1) is 11.6. The van der Waals surface area contributed by atoms with Crippen molar-refractivity contribution in [3.05, 3.63) is 15.0 Å². The van der Waals surface area contributed by atoms with Gasteiger partial charge in [0.2, 0.25) is 0 Å². The molecule has 2 rings (SSSR count). The molecule has 1 unspecified atom stereocenters. The van der Waals surface area contributed by atoms with Gasteiger partial charge in [0.1, 0.15) is 0 Å². The summed E-state index contributed by atoms with van der Waals surface area (Å²) >= 11 is 4.97. The van der Waals surface area contributed by atoms with E-state index in [-0.39, 0.29) is 16.9 Å². The van der Waals surface area contributed by atoms with Gasteiger partial charge in [-0.1, -0.05) is 20.8 Å². The maximum absolute atomic E-state index is 10.4. The van der Waals surface area contributed by atoms with Gasteiger partial charge in [-0.05, 0) is 34.2 Å². The van der Waals surface area contributed by atoms with E-state index in [1.807, 2.05) is 0 Å². The van der Waals surface area contributed by atoms with Crippen LogP contribution >= 0.6 is 27.3 Å². The van der Waals surface area contributed by atoms with Crippen LogP contribution in [0.5, 0.6) is 0 Å². The summed E-state index contributed by atoms with van der Waals surface area (Å²) in [5.41, 5.74) is 0.912. The molecule has 1 fully saturated rings. The molecule has 1 N–H and O–H groups in total. The zero-order valence-corrected chi connectivity index (χ0v) is 11.7. The molecule has 1 aliphatic carbocycles. The van der Waals surface area contributed by atoms with Gasteiger partial charge in [-0.15, -0.1) is 11.3 Å². The normalized spacial score (nSPS) is 21.4. The monoisotopic (exact) mass is 289 g/mol. The van der Waals surface area contributed by atoms with Crippen LogP contribution in [-0.2, 0) is 5.41 Å². The SMILES string of the molecule is CC(C)(C)C(O)C1(c2csc(Br)n2)CC1. The van der Waals surface area contributed by atoms with Crippen LogP contribution in [0.3, 0.4) is 0 Å². The summed E-state index contributed by atoms with van der Waals surface area (Å²) in [6.45, 7) is 6.25. The van der Waals surface area contributed by atoms with Crippen molar-refractivity contribution in [3.63, 3.8) is 0 Å². The third-order valence-corrected chi connectivity index (χ3v) is 4.48. The van der Waals surface area contributed by atoms with Crippen molar-refractivity contribution in [2.75, 3.05) is 0 Å². The average molecular weight is 290 g/mol. The highest BCUT2D eigenvalue weighted by Crippen LogP contribution is 2.55. The van der Waals surface area contributed by atoms with E-state index in [0.717, 1.165) is 22.5 Å². The summed E-state index contributed by atoms with van der Waals surface area (Å²) in [5, 5.41) is 12.4. The molecule has 1 aliphatic rings. The number of aliphatic hydroxyl groups is 1. The highest BCUT2D eigenvalue weighted by atomic mass is 79.9. The summed E-state index contributed by atoms with van der Waals surface area (Å²) in [7, 11) is 0. The lowest BCUT2D eigenvalue weighted by Crippen LogP contribution is -2.38. The van der Waals surface area contributed by atoms with E-state index in [0.29, 0.717) is 0 Å². The lowest BCUT2D eigenvalue weighted by Gasteiger charge is -2.32. The lowest BCUT2D eigenvalue weighted by atomic mass is 9.78. The fourth-order valence-electron chi connectivity index (χ4n) is 2.11. The van der Waals surface area contributed by atoms with Crippen molar-refractivity contribution in [1.29, 1.82) is 0 Å². The Morgan fingerprint density at radius 2 is 2.13 bits per heavy atom. The number of hydrogen-bond donors (Lipinski definition) is 1. The quantitative estimate of drug-likeness (QED) is 0.906. The minimum atomic E-state index is -0.306. The highest BCUT2D eigenvalue weighted by molar-refractivity contribution is 9.11. The van der Waals surface area contributed by atoms with Gasteiger partial charge >= 0.3 is 0 Å². The van der Waals surface area contributed by atoms with Gasteiger partial charge in [0.15, 0.2) is 3.92 Å². The zero-order valence-electron chi connectivity index (χ0n) is 9.25. The van der Waals surface area contributed by atoms with Gasteiger partial charge in [0.25, 0.3) is 0 Å². The van der Waals surface area contributed by atoms with Crippen LogP contribution in [0.2, 0.25) is 0 Å². The van der Waals surface area contributed by atoms with Crippen LogP contribution in [0.25, 0.3) is 0 Å². The third kappa shape index (κ3) is 1.99. The van der Waals surface area contributed by atoms with Crippen molar-refractivity contribution in [1.82, 2.24) is 4.98 Å². The Kier molecular flexibility index (Phi) is 2.72. The molecule has 0 aromatic carbocycles. The van der Waals surface area contributed by atoms with Crippen LogP contribution in [0.4, 0.5) is 0 Å². The predicted octanol–water partition coefficient (Wildman–Crippen LogP) is 3.34. The Hall–Kier alpha value is 0.0700. The number of rotatable bonds is 2. The van der Waals surface area contributed by atoms with Gasteiger partial charge < -0.3 is 5.11 Å². The van der Waals surface area contributed by atoms with E-state index in [1.54, 1.807) is 11.3 Å². The van der Waals surface area contributed by atoms with E-state index < -0.39 is 0 Å². The molecule has 2 nitrogen and oxygen atoms in total. The summed E-state index contributed by atoms with van der Waals surface area (Å²) in [6, 6.07) is 0. The molecule has 1 aromatic heterocycles. The molecule has 0 saturated heterocycles. The molecule has 1 aromatic rings. The number of halogens is 1. The van der Waals surface area contributed by atoms with Gasteiger partial charge in [0, 0.05) is 10.8 Å². The topological polar surface area (TPSA) is 33.1 Å². The van der Waals surface area contributed by atoms with Crippen LogP contribution in [-0.4, -0.2) is 16.2 Å². The second-order valence-electron chi connectivity index (χ2n) is 5.41. The molecule has 0 amide bonds. The molecule has 0 radical (unpaired) electrons. The first-order chi connectivity index (χ1) is 6.86. The fraction of sp³-hybridized carbons (Fsp3) is 0.727. The predicted molar refractivity (Wildman–Crippen MR) is 66.2 cm³/mol. The minimum absolute atomic E-state index is 0.0687. The van der Waals surface area contributed by atoms with E-state index in [2.05, 4.69) is 47.1 Å². The van der Waals surface area contributed by atoms with Crippen molar-refractivity contribution in [2.24, 2.45) is 5.41 Å². The number of thiazole rings is 1. The average Bonchev–Trinajstić information content (AvgIpc) is 2.82. The van der Waals surface area contributed by atoms with Crippen molar-refractivity contribution < 1.29 is 5.11 Å². The molecule has 84 valence electrons. The third-order valence-electron chi connectivity index (χ3n) is 3.12. The Labute approximate surface area is 103 Å². The smallest absolute Gasteiger partial charge is 0.159 e. The molecular formula is C11H16BrNOS. The second kappa shape index (κ2) is 3.54. The number of aromatic nitrogens is 1. The molecule has 0 aliphatic heterocycles. The van der Waals surface area contributed by atoms with E-state index in [1.165, 1.54) is 0 Å². The summed E-state index contributed by atoms with van der Waals surface area (Å²) < 4.78 is 0.907. The summed E-state index contributed by atoms with van der Waals surface area (Å²) in [4.78, 5) is 4.45. The molecular weight excluding hydrogens is 274 g/mol. The van der Waals surface area contributed by atoms with Gasteiger partial charge in [-0.3, -0.25) is 0 Å². The molecule has 1 saturated carbocycles. The van der Waals surface area contributed by atoms with Crippen molar-refractivity contribution >= 4 is 27.3 Å². The maximum Gasteiger partial charge on any atom is 0.159 e. The Bertz CT molecular complexity index is 365. The lowest BCUT2D eigenvalue weighted by molar-refractivity contribution is 0.0278. The minimum Gasteiger partial charge on any atom is -0.392 e. The van der Waals surface area contributed by atoms with Gasteiger partial charge in [-0.2, -0.15) is 0 Å². The first-order valence-electron chi connectivity index (χ1n) is 5.16. The van der Waals surface area contributed by atoms with E-state index in [4.69, 9.17) is 0 Å². The Balaban J connectivity index is 2.28. The van der Waals surface area contributed by atoms with Gasteiger partial charge in [0.05, 0.1) is 11.8 Å². The first-order valence-corrected chi connectivity index (χ1v) is 6.83. The number of hydrogen-bond acceptors (Lipinski definition) is 3. The van der Waals surface area contributed by atoms with Crippen molar-refractivity contribution in [2.45, 2.75) is 45.1 Å². The summed E-state index contributed by atoms with van der Waals surface area (Å²) in [5.74, 6) is 0. The molecule has 1 heterocycles. The Morgan fingerprint density at radius 3 is 2.47 bits per heavy atom. The molecule has 0 spiro atoms. The highest BCUT2D eigenvalue weighted by Gasteiger charge is 2.55. The standard InChI is InChI=1S/C11H16BrNOS/c1-10(2,3)8(14)11(4-5-11)7-6-15-9(12)13-7/h6,8,14H,4-5H2,1-3H3. The molecule has 0 bridgehead atoms. The molecule has 1 atom stereocenters. The van der Waals surface area contributed by atoms with E-state index in [9.17, 15) is 5.11 Å². The fourth-order valence-corrected chi connectivity index (χ4v) is 3.23. The van der Waals surface area contributed by atoms with E-state index >= 15 is 0 Å². The summed E-state index contributed by atoms with van der Waals surface area (Å²) in [6.07, 6.45) is 1.81. The van der Waals surface area contributed by atoms with Crippen LogP contribution in [0, 0.1) is 5.41 Å². The van der Waals surface area contributed by atoms with Gasteiger partial charge in [-0.25, -0.2) is 4.98 Å². The molecule has 4 heteroatoms. The zero-order chi connectivity index (χ0) is 11.3. The van der Waals surface area contributed by atoms with Crippen LogP contribution in [0.15, 0.2) is 9.30 Å². The molecule has 15 heavy (non-hydrogen) atoms. The number of aliphatic hydroxyl groups excluding tert-OH is 1. The van der Waals surface area contributed by atoms with Crippen LogP contribution in [0.1, 0.15) is 39.3 Å². The van der Waals surface area contributed by atoms with Crippen molar-refractivity contribution in [3.8, 4) is 0 Å². The van der Waals surface area contributed by atoms with Crippen LogP contribution < -0.4 is 0 Å². The largest absolute Gasteiger partial charge is 0.392 e. The number of nitrogens with zero attached hydrogens (tertiary/aromatic N) is 1. The maximum atomic E-state index is 10.4. The Morgan fingerprint density at radius 1 is 1.53 bits per heavy atom. The second-order valence-corrected chi connectivity index (χ2v) is 7.54.